The minimum absolute atomic E-state index is 0.244. The van der Waals surface area contributed by atoms with E-state index in [1.54, 1.807) is 17.8 Å². The van der Waals surface area contributed by atoms with E-state index in [0.29, 0.717) is 17.7 Å². The fraction of sp³-hybridized carbons (Fsp3) is 0.250. The summed E-state index contributed by atoms with van der Waals surface area (Å²) in [5, 5.41) is 10.0. The molecule has 17 heavy (non-hydrogen) atoms. The van der Waals surface area contributed by atoms with Crippen LogP contribution in [0.1, 0.15) is 29.1 Å². The van der Waals surface area contributed by atoms with Crippen molar-refractivity contribution < 1.29 is 14.2 Å². The van der Waals surface area contributed by atoms with Crippen LogP contribution in [0.25, 0.3) is 0 Å². The minimum atomic E-state index is -0.619. The maximum Gasteiger partial charge on any atom is 0.137 e. The van der Waals surface area contributed by atoms with Crippen LogP contribution in [-0.4, -0.2) is 10.1 Å². The Morgan fingerprint density at radius 2 is 2.35 bits per heavy atom. The maximum absolute atomic E-state index is 13.1. The first-order valence-electron chi connectivity index (χ1n) is 5.26. The Morgan fingerprint density at radius 1 is 1.47 bits per heavy atom. The standard InChI is InChI=1S/C12H10FNO2S/c13-7-1-2-8-9(15)4-11(16-10(8)3-7)12-5-14-6-17-12/h1-3,5-6,9,11,15H,4H2/t9-,11?/m1/s1. The van der Waals surface area contributed by atoms with E-state index in [1.807, 2.05) is 0 Å². The fourth-order valence-corrected chi connectivity index (χ4v) is 2.64. The number of benzene rings is 1. The number of aliphatic hydroxyl groups is 1. The zero-order valence-corrected chi connectivity index (χ0v) is 9.65. The van der Waals surface area contributed by atoms with Crippen LogP contribution in [0.2, 0.25) is 0 Å². The van der Waals surface area contributed by atoms with E-state index in [0.717, 1.165) is 4.88 Å². The Labute approximate surface area is 102 Å². The number of thiazole rings is 1. The SMILES string of the molecule is O[C@@H]1CC(c2cncs2)Oc2cc(F)ccc21. The Balaban J connectivity index is 1.97. The van der Waals surface area contributed by atoms with Gasteiger partial charge >= 0.3 is 0 Å². The molecule has 0 saturated heterocycles. The van der Waals surface area contributed by atoms with Gasteiger partial charge in [0.2, 0.25) is 0 Å². The summed E-state index contributed by atoms with van der Waals surface area (Å²) in [6.07, 6.45) is 1.32. The lowest BCUT2D eigenvalue weighted by Crippen LogP contribution is -2.18. The summed E-state index contributed by atoms with van der Waals surface area (Å²) in [6.45, 7) is 0. The van der Waals surface area contributed by atoms with Crippen molar-refractivity contribution in [3.8, 4) is 5.75 Å². The Morgan fingerprint density at radius 3 is 3.12 bits per heavy atom. The molecule has 0 amide bonds. The highest BCUT2D eigenvalue weighted by Gasteiger charge is 2.29. The molecule has 2 heterocycles. The molecule has 2 atom stereocenters. The van der Waals surface area contributed by atoms with E-state index in [-0.39, 0.29) is 11.9 Å². The first kappa shape index (κ1) is 10.7. The van der Waals surface area contributed by atoms with Gasteiger partial charge in [-0.1, -0.05) is 0 Å². The van der Waals surface area contributed by atoms with Crippen LogP contribution in [0.5, 0.6) is 5.75 Å². The Hall–Kier alpha value is -1.46. The zero-order valence-electron chi connectivity index (χ0n) is 8.84. The average molecular weight is 251 g/mol. The molecule has 5 heteroatoms. The van der Waals surface area contributed by atoms with Crippen LogP contribution in [0.4, 0.5) is 4.39 Å². The number of halogens is 1. The van der Waals surface area contributed by atoms with Gasteiger partial charge in [0.05, 0.1) is 16.5 Å². The maximum atomic E-state index is 13.1. The second-order valence-electron chi connectivity index (χ2n) is 3.94. The van der Waals surface area contributed by atoms with Gasteiger partial charge in [0.15, 0.2) is 0 Å². The topological polar surface area (TPSA) is 42.4 Å². The highest BCUT2D eigenvalue weighted by Crippen LogP contribution is 2.41. The van der Waals surface area contributed by atoms with Crippen molar-refractivity contribution in [2.75, 3.05) is 0 Å². The normalized spacial score (nSPS) is 22.9. The minimum Gasteiger partial charge on any atom is -0.484 e. The van der Waals surface area contributed by atoms with Crippen molar-refractivity contribution in [2.24, 2.45) is 0 Å². The van der Waals surface area contributed by atoms with Crippen molar-refractivity contribution in [3.05, 3.63) is 46.2 Å². The number of hydrogen-bond donors (Lipinski definition) is 1. The summed E-state index contributed by atoms with van der Waals surface area (Å²) >= 11 is 1.47. The number of nitrogens with zero attached hydrogens (tertiary/aromatic N) is 1. The van der Waals surface area contributed by atoms with Crippen molar-refractivity contribution in [2.45, 2.75) is 18.6 Å². The summed E-state index contributed by atoms with van der Waals surface area (Å²) in [4.78, 5) is 4.92. The van der Waals surface area contributed by atoms with Crippen molar-refractivity contribution in [3.63, 3.8) is 0 Å². The molecule has 0 saturated carbocycles. The lowest BCUT2D eigenvalue weighted by molar-refractivity contribution is 0.0670. The van der Waals surface area contributed by atoms with Crippen LogP contribution in [0.15, 0.2) is 29.9 Å². The van der Waals surface area contributed by atoms with Crippen LogP contribution < -0.4 is 4.74 Å². The summed E-state index contributed by atoms with van der Waals surface area (Å²) in [6, 6.07) is 4.21. The highest BCUT2D eigenvalue weighted by molar-refractivity contribution is 7.09. The van der Waals surface area contributed by atoms with Crippen LogP contribution in [0.3, 0.4) is 0 Å². The van der Waals surface area contributed by atoms with Crippen LogP contribution in [0, 0.1) is 5.82 Å². The lowest BCUT2D eigenvalue weighted by atomic mass is 9.98. The van der Waals surface area contributed by atoms with Gasteiger partial charge in [-0.3, -0.25) is 4.98 Å². The van der Waals surface area contributed by atoms with Gasteiger partial charge in [0.25, 0.3) is 0 Å². The van der Waals surface area contributed by atoms with Gasteiger partial charge in [0.1, 0.15) is 17.7 Å². The molecule has 1 unspecified atom stereocenters. The van der Waals surface area contributed by atoms with Crippen LogP contribution >= 0.6 is 11.3 Å². The van der Waals surface area contributed by atoms with Gasteiger partial charge in [-0.05, 0) is 12.1 Å². The number of rotatable bonds is 1. The third-order valence-electron chi connectivity index (χ3n) is 2.81. The quantitative estimate of drug-likeness (QED) is 0.847. The molecule has 88 valence electrons. The molecule has 0 spiro atoms. The largest absolute Gasteiger partial charge is 0.484 e. The van der Waals surface area contributed by atoms with Gasteiger partial charge in [-0.2, -0.15) is 0 Å². The summed E-state index contributed by atoms with van der Waals surface area (Å²) in [7, 11) is 0. The lowest BCUT2D eigenvalue weighted by Gasteiger charge is -2.28. The van der Waals surface area contributed by atoms with E-state index < -0.39 is 6.10 Å². The Kier molecular flexibility index (Phi) is 2.57. The fourth-order valence-electron chi connectivity index (χ4n) is 1.98. The number of fused-ring (bicyclic) bond motifs is 1. The van der Waals surface area contributed by atoms with Crippen LogP contribution in [-0.2, 0) is 0 Å². The molecular formula is C12H10FNO2S. The molecule has 0 radical (unpaired) electrons. The molecule has 0 bridgehead atoms. The molecule has 3 rings (SSSR count). The monoisotopic (exact) mass is 251 g/mol. The Bertz CT molecular complexity index is 529. The number of ether oxygens (including phenoxy) is 1. The summed E-state index contributed by atoms with van der Waals surface area (Å²) in [5.41, 5.74) is 2.36. The second-order valence-corrected chi connectivity index (χ2v) is 4.86. The number of aliphatic hydroxyl groups excluding tert-OH is 1. The van der Waals surface area contributed by atoms with Crippen molar-refractivity contribution in [1.29, 1.82) is 0 Å². The van der Waals surface area contributed by atoms with Gasteiger partial charge in [-0.25, -0.2) is 4.39 Å². The molecule has 1 N–H and O–H groups in total. The van der Waals surface area contributed by atoms with E-state index in [2.05, 4.69) is 4.98 Å². The van der Waals surface area contributed by atoms with Gasteiger partial charge < -0.3 is 9.84 Å². The predicted octanol–water partition coefficient (Wildman–Crippen LogP) is 2.84. The first-order chi connectivity index (χ1) is 8.24. The molecule has 1 aromatic heterocycles. The van der Waals surface area contributed by atoms with E-state index in [4.69, 9.17) is 4.74 Å². The molecule has 1 aliphatic rings. The van der Waals surface area contributed by atoms with Gasteiger partial charge in [-0.15, -0.1) is 11.3 Å². The molecule has 0 fully saturated rings. The molecule has 1 aliphatic heterocycles. The number of aromatic nitrogens is 1. The molecular weight excluding hydrogens is 241 g/mol. The number of hydrogen-bond acceptors (Lipinski definition) is 4. The summed E-state index contributed by atoms with van der Waals surface area (Å²) < 4.78 is 18.8. The van der Waals surface area contributed by atoms with E-state index in [9.17, 15) is 9.50 Å². The van der Waals surface area contributed by atoms with Crippen molar-refractivity contribution in [1.82, 2.24) is 4.98 Å². The molecule has 1 aromatic carbocycles. The molecule has 2 aromatic rings. The first-order valence-corrected chi connectivity index (χ1v) is 6.14. The zero-order chi connectivity index (χ0) is 11.8. The van der Waals surface area contributed by atoms with Crippen molar-refractivity contribution >= 4 is 11.3 Å². The second kappa shape index (κ2) is 4.09. The van der Waals surface area contributed by atoms with E-state index >= 15 is 0 Å². The predicted molar refractivity (Wildman–Crippen MR) is 61.5 cm³/mol. The summed E-state index contributed by atoms with van der Waals surface area (Å²) in [5.74, 6) is 0.0584. The third kappa shape index (κ3) is 1.92. The average Bonchev–Trinajstić information content (AvgIpc) is 2.81. The van der Waals surface area contributed by atoms with Gasteiger partial charge in [0, 0.05) is 24.2 Å². The van der Waals surface area contributed by atoms with E-state index in [1.165, 1.54) is 23.5 Å². The molecule has 3 nitrogen and oxygen atoms in total. The third-order valence-corrected chi connectivity index (χ3v) is 3.68. The smallest absolute Gasteiger partial charge is 0.137 e. The molecule has 0 aliphatic carbocycles. The highest BCUT2D eigenvalue weighted by atomic mass is 32.1.